The third-order valence-electron chi connectivity index (χ3n) is 16.8. The predicted molar refractivity (Wildman–Crippen MR) is 378 cm³/mol. The van der Waals surface area contributed by atoms with E-state index >= 15 is 0 Å². The molecule has 11 rings (SSSR count). The zero-order chi connectivity index (χ0) is 76.9. The predicted octanol–water partition coefficient (Wildman–Crippen LogP) is 7.89. The van der Waals surface area contributed by atoms with Gasteiger partial charge in [-0.1, -0.05) is 48.8 Å². The van der Waals surface area contributed by atoms with Crippen molar-refractivity contribution >= 4 is 64.8 Å². The van der Waals surface area contributed by atoms with E-state index in [1.807, 2.05) is 25.5 Å². The number of ether oxygens (including phenoxy) is 3. The van der Waals surface area contributed by atoms with E-state index in [0.717, 1.165) is 59.4 Å². The summed E-state index contributed by atoms with van der Waals surface area (Å²) in [5.74, 6) is -2.20. The van der Waals surface area contributed by atoms with Gasteiger partial charge in [0.15, 0.2) is 25.5 Å². The summed E-state index contributed by atoms with van der Waals surface area (Å²) >= 11 is 0. The third-order valence-corrected chi connectivity index (χ3v) is 20.4. The molecule has 0 spiro atoms. The minimum absolute atomic E-state index is 0.00623. The molecule has 1 saturated carbocycles. The van der Waals surface area contributed by atoms with Crippen molar-refractivity contribution in [1.29, 1.82) is 0 Å². The summed E-state index contributed by atoms with van der Waals surface area (Å²) in [5.41, 5.74) is 3.08. The lowest BCUT2D eigenvalue weighted by molar-refractivity contribution is -0.143. The van der Waals surface area contributed by atoms with Crippen LogP contribution in [0.2, 0.25) is 0 Å². The Labute approximate surface area is 597 Å². The van der Waals surface area contributed by atoms with Crippen LogP contribution in [-0.4, -0.2) is 135 Å². The topological polar surface area (TPSA) is 364 Å². The van der Waals surface area contributed by atoms with Gasteiger partial charge in [-0.15, -0.1) is 0 Å². The first-order valence-electron chi connectivity index (χ1n) is 32.6. The second-order valence-electron chi connectivity index (χ2n) is 25.7. The molecule has 0 saturated heterocycles. The van der Waals surface area contributed by atoms with Crippen LogP contribution in [0.1, 0.15) is 146 Å². The van der Waals surface area contributed by atoms with Crippen molar-refractivity contribution in [3.63, 3.8) is 0 Å². The minimum atomic E-state index is -4.76. The van der Waals surface area contributed by atoms with Gasteiger partial charge in [-0.05, 0) is 156 Å². The van der Waals surface area contributed by atoms with Crippen molar-refractivity contribution in [2.24, 2.45) is 24.7 Å². The molecule has 104 heavy (non-hydrogen) atoms. The lowest BCUT2D eigenvalue weighted by Crippen LogP contribution is -2.31. The van der Waals surface area contributed by atoms with Crippen LogP contribution < -0.4 is 36.2 Å². The fourth-order valence-electron chi connectivity index (χ4n) is 11.3. The van der Waals surface area contributed by atoms with Crippen LogP contribution in [0.4, 0.5) is 13.2 Å². The summed E-state index contributed by atoms with van der Waals surface area (Å²) < 4.78 is 135. The van der Waals surface area contributed by atoms with Crippen LogP contribution >= 0.6 is 0 Å². The van der Waals surface area contributed by atoms with E-state index in [1.54, 1.807) is 34.5 Å². The van der Waals surface area contributed by atoms with Crippen LogP contribution in [0.25, 0.3) is 11.1 Å². The highest BCUT2D eigenvalue weighted by molar-refractivity contribution is 7.91. The molecule has 8 aromatic rings. The molecule has 3 aromatic heterocycles. The number of esters is 1. The van der Waals surface area contributed by atoms with Crippen molar-refractivity contribution in [3.8, 4) is 22.8 Å². The van der Waals surface area contributed by atoms with Crippen LogP contribution in [0.5, 0.6) is 11.6 Å². The Hall–Kier alpha value is -10.3. The number of oxime groups is 1. The number of alkyl halides is 3. The maximum Gasteiger partial charge on any atom is 0.416 e. The Balaban J connectivity index is 0.000000176. The van der Waals surface area contributed by atoms with Crippen LogP contribution in [0.15, 0.2) is 131 Å². The zero-order valence-corrected chi connectivity index (χ0v) is 61.8. The summed E-state index contributed by atoms with van der Waals surface area (Å²) in [5, 5.41) is 12.0. The number of rotatable bonds is 17. The molecule has 2 amide bonds. The maximum atomic E-state index is 13.5. The number of benzene rings is 5. The van der Waals surface area contributed by atoms with Crippen molar-refractivity contribution < 1.29 is 81.4 Å². The number of ketones is 2. The van der Waals surface area contributed by atoms with E-state index in [2.05, 4.69) is 53.6 Å². The van der Waals surface area contributed by atoms with Gasteiger partial charge in [0, 0.05) is 73.2 Å². The van der Waals surface area contributed by atoms with Gasteiger partial charge in [-0.25, -0.2) is 39.3 Å². The fraction of sp³-hybridized carbons (Fsp3) is 0.366. The summed E-state index contributed by atoms with van der Waals surface area (Å²) in [6, 6.07) is 20.8. The number of para-hydroxylation sites is 1. The van der Waals surface area contributed by atoms with E-state index in [9.17, 15) is 76.8 Å². The number of sulfone groups is 2. The molecule has 5 heterocycles. The number of methoxy groups -OCH3 is 1. The number of nitrogens with zero attached hydrogens (tertiary/aromatic N) is 5. The van der Waals surface area contributed by atoms with E-state index < -0.39 is 85.9 Å². The molecule has 5 aromatic carbocycles. The third kappa shape index (κ3) is 18.0. The number of aromatic amines is 2. The zero-order valence-electron chi connectivity index (χ0n) is 59.3. The first-order valence-corrected chi connectivity index (χ1v) is 37.8. The molecule has 33 heteroatoms. The van der Waals surface area contributed by atoms with E-state index in [-0.39, 0.29) is 67.0 Å². The molecule has 2 aliphatic heterocycles. The van der Waals surface area contributed by atoms with E-state index in [0.29, 0.717) is 91.6 Å². The molecule has 1 aliphatic carbocycles. The van der Waals surface area contributed by atoms with Gasteiger partial charge in [0.25, 0.3) is 38.5 Å². The van der Waals surface area contributed by atoms with Crippen molar-refractivity contribution in [3.05, 3.63) is 201 Å². The van der Waals surface area contributed by atoms with E-state index in [4.69, 9.17) is 19.0 Å². The molecule has 0 atom stereocenters. The van der Waals surface area contributed by atoms with Gasteiger partial charge in [-0.3, -0.25) is 52.8 Å². The molecule has 27 nitrogen and oxygen atoms in total. The second-order valence-corrected chi connectivity index (χ2v) is 31.4. The Morgan fingerprint density at radius 2 is 1.28 bits per heavy atom. The summed E-state index contributed by atoms with van der Waals surface area (Å²) in [6.45, 7) is 17.0. The van der Waals surface area contributed by atoms with Crippen LogP contribution in [0.3, 0.4) is 0 Å². The normalized spacial score (nSPS) is 13.8. The van der Waals surface area contributed by atoms with Gasteiger partial charge in [-0.2, -0.15) is 13.2 Å². The summed E-state index contributed by atoms with van der Waals surface area (Å²) in [4.78, 5) is 104. The Bertz CT molecular complexity index is 5240. The minimum Gasteiger partial charge on any atom is -0.496 e. The summed E-state index contributed by atoms with van der Waals surface area (Å²) in [7, 11) is -7.46. The molecule has 0 radical (unpaired) electrons. The van der Waals surface area contributed by atoms with Gasteiger partial charge in [0.2, 0.25) is 11.7 Å². The summed E-state index contributed by atoms with van der Waals surface area (Å²) in [6.07, 6.45) is 2.35. The largest absolute Gasteiger partial charge is 0.496 e. The van der Waals surface area contributed by atoms with E-state index in [1.165, 1.54) is 87.0 Å². The average molecular weight is 1500 g/mol. The lowest BCUT2D eigenvalue weighted by atomic mass is 9.91. The molecular weight excluding hydrogens is 1420 g/mol. The Morgan fingerprint density at radius 3 is 1.80 bits per heavy atom. The number of aromatic nitrogens is 6. The van der Waals surface area contributed by atoms with Crippen molar-refractivity contribution in [2.45, 2.75) is 127 Å². The molecule has 3 aliphatic rings. The molecule has 556 valence electrons. The first-order chi connectivity index (χ1) is 48.6. The highest BCUT2D eigenvalue weighted by Gasteiger charge is 2.36. The Kier molecular flexibility index (Phi) is 24.3. The number of carbonyl (C=O) groups is 5. The molecule has 0 unspecified atom stereocenters. The first kappa shape index (κ1) is 79.5. The average Bonchev–Trinajstić information content (AvgIpc) is 1.59. The monoisotopic (exact) mass is 1500 g/mol. The van der Waals surface area contributed by atoms with Crippen molar-refractivity contribution in [1.82, 2.24) is 39.0 Å². The smallest absolute Gasteiger partial charge is 0.416 e. The number of fused-ring (bicyclic) bond motifs is 1. The van der Waals surface area contributed by atoms with Crippen LogP contribution in [-0.2, 0) is 90.3 Å². The molecular formula is C71H80F3N9O18S3. The van der Waals surface area contributed by atoms with Crippen molar-refractivity contribution in [2.75, 3.05) is 39.4 Å². The number of hydrogen-bond donors (Lipinski definition) is 4. The van der Waals surface area contributed by atoms with Gasteiger partial charge < -0.3 is 29.5 Å². The number of hydrogen-bond acceptors (Lipinski definition) is 19. The number of amides is 2. The fourth-order valence-corrected chi connectivity index (χ4v) is 14.1. The molecule has 1 fully saturated rings. The van der Waals surface area contributed by atoms with Gasteiger partial charge in [0.1, 0.15) is 29.0 Å². The second kappa shape index (κ2) is 31.8. The number of sulfonamides is 1. The van der Waals surface area contributed by atoms with Gasteiger partial charge >= 0.3 is 12.1 Å². The van der Waals surface area contributed by atoms with Gasteiger partial charge in [0.05, 0.1) is 70.4 Å². The van der Waals surface area contributed by atoms with Crippen LogP contribution in [0, 0.1) is 26.2 Å². The Morgan fingerprint density at radius 1 is 0.673 bits per heavy atom. The molecule has 0 bridgehead atoms. The highest BCUT2D eigenvalue weighted by Crippen LogP contribution is 2.38. The quantitative estimate of drug-likeness (QED) is 0.0497. The SMILES string of the molecule is CCc1cc(C)cc(CC)c1-c1c(OC(=O)C(C)(C)C)n2n(c1=O)CCOCC2.COc1ccccc1C(=O)NS(=O)(=O)c1ccc(C(=O)NC2CC2)cc1.Cc1[nH]n(C)c(=O)c1C(=O)c1ccc(C(F)(F)F)cc1S(C)(=O)=O.Cc1c(C(=O)c2c[nH]n(C)c2=O)ccc(S(C)(=O)=O)c1C1=NOCC1. The number of nitrogens with one attached hydrogen (secondary N) is 4. The lowest BCUT2D eigenvalue weighted by Gasteiger charge is -2.19. The molecule has 4 N–H and O–H groups in total. The number of carbonyl (C=O) groups excluding carboxylic acids is 5. The standard InChI is InChI=1S/C23H32N2O4.C18H18N2O5S.C16H17N3O5S.C14H13F3N2O4S/c1-7-16-13-15(3)14-17(8-2)18(16)19-20(26)24-9-11-28-12-10-25(24)21(19)29-22(27)23(4,5)6;1-25-16-5-3-2-4-15(16)18(22)20-26(23,24)14-10-6-12(7-11-14)17(21)19-13-8-9-13;1-9-10(15(20)11-8-17-19(2)16(11)21)4-5-13(25(3,22)23)14(9)12-6-7-24-18-12;1-7-11(13(21)19(2)18-7)12(20)9-5-4-8(14(15,16)17)6-10(9)24(3,22)23/h13-14H,7-12H2,1-6H3;2-7,10-11,13H,8-9H2,1H3,(H,19,21)(H,20,22);4-5,8,17H,6-7H2,1-3H3;4-6,18H,1-3H3. The maximum absolute atomic E-state index is 13.5. The number of halogens is 3. The number of H-pyrrole nitrogens is 2. The number of aryl methyl sites for hydroxylation is 6. The highest BCUT2D eigenvalue weighted by atomic mass is 32.2.